The summed E-state index contributed by atoms with van der Waals surface area (Å²) in [4.78, 5) is 18.6. The molecule has 0 amide bonds. The van der Waals surface area contributed by atoms with Gasteiger partial charge in [-0.15, -0.1) is 0 Å². The first kappa shape index (κ1) is 23.5. The molecule has 9 heteroatoms. The molecule has 1 aromatic heterocycles. The van der Waals surface area contributed by atoms with Crippen molar-refractivity contribution in [2.75, 3.05) is 33.3 Å². The zero-order chi connectivity index (χ0) is 23.7. The zero-order valence-corrected chi connectivity index (χ0v) is 19.2. The number of benzene rings is 2. The molecule has 0 aliphatic carbocycles. The Morgan fingerprint density at radius 2 is 2.09 bits per heavy atom. The smallest absolute Gasteiger partial charge is 0.335 e. The molecule has 1 unspecified atom stereocenters. The molecule has 176 valence electrons. The van der Waals surface area contributed by atoms with Crippen LogP contribution < -0.4 is 4.74 Å². The number of methoxy groups -OCH3 is 1. The summed E-state index contributed by atoms with van der Waals surface area (Å²) in [6.45, 7) is 3.50. The third-order valence-corrected chi connectivity index (χ3v) is 6.58. The molecule has 1 saturated heterocycles. The van der Waals surface area contributed by atoms with Crippen molar-refractivity contribution in [1.82, 2.24) is 14.8 Å². The molecule has 6 nitrogen and oxygen atoms in total. The first-order valence-electron chi connectivity index (χ1n) is 10.7. The van der Waals surface area contributed by atoms with Gasteiger partial charge in [0.1, 0.15) is 5.75 Å². The Balaban J connectivity index is 1.71. The van der Waals surface area contributed by atoms with Crippen LogP contribution >= 0.6 is 11.6 Å². The molecule has 1 fully saturated rings. The van der Waals surface area contributed by atoms with E-state index >= 15 is 0 Å². The second-order valence-electron chi connectivity index (χ2n) is 8.32. The van der Waals surface area contributed by atoms with Gasteiger partial charge in [0, 0.05) is 55.4 Å². The number of nitrogens with one attached hydrogen (secondary N) is 1. The minimum atomic E-state index is -2.41. The fourth-order valence-electron chi connectivity index (χ4n) is 4.65. The number of carbonyl (C=O) groups is 1. The number of carboxylic acids is 1. The van der Waals surface area contributed by atoms with Crippen LogP contribution in [0.2, 0.25) is 5.02 Å². The number of ether oxygens (including phenoxy) is 1. The van der Waals surface area contributed by atoms with Gasteiger partial charge in [0.05, 0.1) is 29.8 Å². The van der Waals surface area contributed by atoms with Crippen LogP contribution in [0.25, 0.3) is 10.9 Å². The third kappa shape index (κ3) is 4.83. The molecule has 0 spiro atoms. The molecule has 0 saturated carbocycles. The van der Waals surface area contributed by atoms with E-state index in [-0.39, 0.29) is 18.2 Å². The Labute approximate surface area is 195 Å². The van der Waals surface area contributed by atoms with E-state index in [9.17, 15) is 18.7 Å². The molecule has 1 aliphatic rings. The van der Waals surface area contributed by atoms with Crippen molar-refractivity contribution in [2.45, 2.75) is 25.9 Å². The van der Waals surface area contributed by atoms with E-state index in [1.807, 2.05) is 18.3 Å². The highest BCUT2D eigenvalue weighted by Gasteiger charge is 2.31. The maximum absolute atomic E-state index is 13.1. The number of alkyl halides is 2. The van der Waals surface area contributed by atoms with Crippen molar-refractivity contribution < 1.29 is 23.4 Å². The lowest BCUT2D eigenvalue weighted by Gasteiger charge is -2.42. The van der Waals surface area contributed by atoms with E-state index < -0.39 is 12.4 Å². The van der Waals surface area contributed by atoms with E-state index in [0.717, 1.165) is 22.0 Å². The number of piperazine rings is 1. The molecule has 1 aliphatic heterocycles. The fraction of sp³-hybridized carbons (Fsp3) is 0.375. The van der Waals surface area contributed by atoms with Gasteiger partial charge >= 0.3 is 5.97 Å². The lowest BCUT2D eigenvalue weighted by molar-refractivity contribution is 0.0245. The summed E-state index contributed by atoms with van der Waals surface area (Å²) in [6.07, 6.45) is -0.588. The Kier molecular flexibility index (Phi) is 6.88. The standard InChI is InChI=1S/C24H26ClF2N3O3/c1-14-9-15(3-4-16(14)24(31)32)20-12-29(13-22(26)27)7-8-30(20)11-18-17-5-6-28-23(17)19(25)10-21(18)33-2/h3-6,9-10,20,22,28H,7-8,11-13H2,1-2H3,(H,31,32). The summed E-state index contributed by atoms with van der Waals surface area (Å²) >= 11 is 6.40. The highest BCUT2D eigenvalue weighted by atomic mass is 35.5. The molecule has 3 aromatic rings. The zero-order valence-electron chi connectivity index (χ0n) is 18.4. The molecule has 1 atom stereocenters. The minimum Gasteiger partial charge on any atom is -0.496 e. The average molecular weight is 478 g/mol. The highest BCUT2D eigenvalue weighted by molar-refractivity contribution is 6.35. The number of fused-ring (bicyclic) bond motifs is 1. The number of H-pyrrole nitrogens is 1. The molecule has 4 rings (SSSR count). The fourth-order valence-corrected chi connectivity index (χ4v) is 4.91. The van der Waals surface area contributed by atoms with Crippen molar-refractivity contribution in [1.29, 1.82) is 0 Å². The molecule has 2 aromatic carbocycles. The molecular formula is C24H26ClF2N3O3. The number of nitrogens with zero attached hydrogens (tertiary/aromatic N) is 2. The summed E-state index contributed by atoms with van der Waals surface area (Å²) in [6, 6.07) is 8.76. The van der Waals surface area contributed by atoms with Gasteiger partial charge < -0.3 is 14.8 Å². The Hall–Kier alpha value is -2.68. The van der Waals surface area contributed by atoms with Crippen LogP contribution in [0.15, 0.2) is 36.5 Å². The maximum atomic E-state index is 13.1. The Morgan fingerprint density at radius 3 is 2.76 bits per heavy atom. The third-order valence-electron chi connectivity index (χ3n) is 6.28. The number of aromatic amines is 1. The first-order valence-corrected chi connectivity index (χ1v) is 11.1. The lowest BCUT2D eigenvalue weighted by atomic mass is 9.96. The van der Waals surface area contributed by atoms with Crippen LogP contribution in [0, 0.1) is 6.92 Å². The summed E-state index contributed by atoms with van der Waals surface area (Å²) < 4.78 is 31.9. The van der Waals surface area contributed by atoms with Gasteiger partial charge in [-0.3, -0.25) is 9.80 Å². The van der Waals surface area contributed by atoms with Crippen molar-refractivity contribution in [3.63, 3.8) is 0 Å². The molecule has 0 radical (unpaired) electrons. The molecule has 2 N–H and O–H groups in total. The van der Waals surface area contributed by atoms with E-state index in [0.29, 0.717) is 42.5 Å². The van der Waals surface area contributed by atoms with Gasteiger partial charge in [-0.1, -0.05) is 23.7 Å². The Bertz CT molecular complexity index is 1170. The monoisotopic (exact) mass is 477 g/mol. The van der Waals surface area contributed by atoms with Gasteiger partial charge in [0.25, 0.3) is 6.43 Å². The summed E-state index contributed by atoms with van der Waals surface area (Å²) in [5.41, 5.74) is 3.56. The van der Waals surface area contributed by atoms with Crippen molar-refractivity contribution in [2.24, 2.45) is 0 Å². The van der Waals surface area contributed by atoms with Crippen LogP contribution in [0.4, 0.5) is 8.78 Å². The quantitative estimate of drug-likeness (QED) is 0.503. The van der Waals surface area contributed by atoms with Gasteiger partial charge in [-0.05, 0) is 30.2 Å². The van der Waals surface area contributed by atoms with Crippen molar-refractivity contribution in [3.8, 4) is 5.75 Å². The van der Waals surface area contributed by atoms with Crippen LogP contribution in [0.3, 0.4) is 0 Å². The number of rotatable bonds is 7. The molecule has 2 heterocycles. The molecule has 33 heavy (non-hydrogen) atoms. The average Bonchev–Trinajstić information content (AvgIpc) is 3.26. The van der Waals surface area contributed by atoms with E-state index in [1.54, 1.807) is 37.1 Å². The predicted octanol–water partition coefficient (Wildman–Crippen LogP) is 4.96. The second kappa shape index (κ2) is 9.67. The van der Waals surface area contributed by atoms with Crippen LogP contribution in [0.5, 0.6) is 5.75 Å². The number of aromatic nitrogens is 1. The summed E-state index contributed by atoms with van der Waals surface area (Å²) in [5.74, 6) is -0.321. The van der Waals surface area contributed by atoms with Crippen LogP contribution in [-0.4, -0.2) is 65.6 Å². The van der Waals surface area contributed by atoms with Gasteiger partial charge in [-0.2, -0.15) is 0 Å². The van der Waals surface area contributed by atoms with Crippen molar-refractivity contribution >= 4 is 28.5 Å². The van der Waals surface area contributed by atoms with Crippen LogP contribution in [0.1, 0.15) is 33.1 Å². The normalized spacial score (nSPS) is 17.7. The second-order valence-corrected chi connectivity index (χ2v) is 8.73. The molecule has 0 bridgehead atoms. The number of carboxylic acid groups (broad SMARTS) is 1. The lowest BCUT2D eigenvalue weighted by Crippen LogP contribution is -2.49. The largest absolute Gasteiger partial charge is 0.496 e. The number of hydrogen-bond donors (Lipinski definition) is 2. The summed E-state index contributed by atoms with van der Waals surface area (Å²) in [5, 5.41) is 10.9. The topological polar surface area (TPSA) is 68.8 Å². The van der Waals surface area contributed by atoms with Crippen molar-refractivity contribution in [3.05, 3.63) is 63.8 Å². The van der Waals surface area contributed by atoms with Gasteiger partial charge in [-0.25, -0.2) is 13.6 Å². The maximum Gasteiger partial charge on any atom is 0.335 e. The van der Waals surface area contributed by atoms with E-state index in [4.69, 9.17) is 16.3 Å². The minimum absolute atomic E-state index is 0.187. The van der Waals surface area contributed by atoms with Gasteiger partial charge in [0.15, 0.2) is 0 Å². The number of aryl methyl sites for hydroxylation is 1. The number of halogens is 3. The predicted molar refractivity (Wildman–Crippen MR) is 124 cm³/mol. The number of hydrogen-bond acceptors (Lipinski definition) is 4. The van der Waals surface area contributed by atoms with E-state index in [2.05, 4.69) is 9.88 Å². The highest BCUT2D eigenvalue weighted by Crippen LogP contribution is 2.37. The summed E-state index contributed by atoms with van der Waals surface area (Å²) in [7, 11) is 1.60. The van der Waals surface area contributed by atoms with E-state index in [1.165, 1.54) is 0 Å². The number of aromatic carboxylic acids is 1. The van der Waals surface area contributed by atoms with Crippen LogP contribution in [-0.2, 0) is 6.54 Å². The molecular weight excluding hydrogens is 452 g/mol. The van der Waals surface area contributed by atoms with Gasteiger partial charge in [0.2, 0.25) is 0 Å². The first-order chi connectivity index (χ1) is 15.8. The SMILES string of the molecule is COc1cc(Cl)c2[nH]ccc2c1CN1CCN(CC(F)F)CC1c1ccc(C(=O)O)c(C)c1. The Morgan fingerprint density at radius 1 is 1.30 bits per heavy atom.